The van der Waals surface area contributed by atoms with Crippen LogP contribution in [-0.2, 0) is 14.8 Å². The van der Waals surface area contributed by atoms with Gasteiger partial charge in [0.15, 0.2) is 5.82 Å². The molecule has 21 heavy (non-hydrogen) atoms. The van der Waals surface area contributed by atoms with Crippen LogP contribution in [0.25, 0.3) is 0 Å². The molecule has 1 aromatic carbocycles. The average Bonchev–Trinajstić information content (AvgIpc) is 2.93. The SMILES string of the molecule is CN(CC1CCCO1)S(=O)(=O)c1cc(Cl)c(Br)c(N)c1F. The molecule has 2 N–H and O–H groups in total. The first kappa shape index (κ1) is 17.0. The monoisotopic (exact) mass is 400 g/mol. The Bertz CT molecular complexity index is 650. The number of nitrogens with zero attached hydrogens (tertiary/aromatic N) is 1. The van der Waals surface area contributed by atoms with Gasteiger partial charge in [-0.2, -0.15) is 4.31 Å². The lowest BCUT2D eigenvalue weighted by Crippen LogP contribution is -2.34. The second-order valence-corrected chi connectivity index (χ2v) is 8.03. The number of benzene rings is 1. The topological polar surface area (TPSA) is 72.6 Å². The second kappa shape index (κ2) is 6.37. The fourth-order valence-corrected chi connectivity index (χ4v) is 3.99. The number of anilines is 1. The van der Waals surface area contributed by atoms with E-state index in [1.165, 1.54) is 7.05 Å². The zero-order valence-electron chi connectivity index (χ0n) is 11.3. The predicted octanol–water partition coefficient (Wildman–Crippen LogP) is 2.62. The molecule has 0 radical (unpaired) electrons. The molecule has 1 unspecified atom stereocenters. The standard InChI is InChI=1S/C12H15BrClFN2O3S/c1-17(6-7-3-2-4-20-7)21(18,19)9-5-8(14)10(13)12(16)11(9)15/h5,7H,2-4,6,16H2,1H3. The fourth-order valence-electron chi connectivity index (χ4n) is 2.13. The number of halogens is 3. The van der Waals surface area contributed by atoms with E-state index in [1.54, 1.807) is 0 Å². The Morgan fingerprint density at radius 3 is 2.86 bits per heavy atom. The molecule has 0 spiro atoms. The highest BCUT2D eigenvalue weighted by molar-refractivity contribution is 9.10. The zero-order chi connectivity index (χ0) is 15.8. The molecular formula is C12H15BrClFN2O3S. The molecule has 1 atom stereocenters. The zero-order valence-corrected chi connectivity index (χ0v) is 14.4. The Kier molecular flexibility index (Phi) is 5.15. The van der Waals surface area contributed by atoms with Gasteiger partial charge >= 0.3 is 0 Å². The van der Waals surface area contributed by atoms with Crippen molar-refractivity contribution in [3.05, 3.63) is 21.4 Å². The van der Waals surface area contributed by atoms with E-state index in [0.717, 1.165) is 23.2 Å². The number of nitrogens with two attached hydrogens (primary N) is 1. The number of rotatable bonds is 4. The van der Waals surface area contributed by atoms with Gasteiger partial charge < -0.3 is 10.5 Å². The predicted molar refractivity (Wildman–Crippen MR) is 82.3 cm³/mol. The summed E-state index contributed by atoms with van der Waals surface area (Å²) in [5.41, 5.74) is 5.20. The van der Waals surface area contributed by atoms with Gasteiger partial charge in [-0.25, -0.2) is 12.8 Å². The summed E-state index contributed by atoms with van der Waals surface area (Å²) in [4.78, 5) is -0.534. The average molecular weight is 402 g/mol. The molecule has 0 amide bonds. The molecule has 0 aromatic heterocycles. The summed E-state index contributed by atoms with van der Waals surface area (Å²) in [5, 5.41) is 0.0398. The van der Waals surface area contributed by atoms with Crippen LogP contribution in [0, 0.1) is 5.82 Å². The van der Waals surface area contributed by atoms with Gasteiger partial charge in [0.2, 0.25) is 10.0 Å². The lowest BCUT2D eigenvalue weighted by atomic mass is 10.2. The first-order chi connectivity index (χ1) is 9.75. The molecule has 5 nitrogen and oxygen atoms in total. The van der Waals surface area contributed by atoms with Crippen molar-refractivity contribution >= 4 is 43.2 Å². The normalized spacial score (nSPS) is 19.4. The molecular weight excluding hydrogens is 387 g/mol. The number of nitrogen functional groups attached to an aromatic ring is 1. The molecule has 0 aliphatic carbocycles. The van der Waals surface area contributed by atoms with Crippen molar-refractivity contribution in [2.24, 2.45) is 0 Å². The Morgan fingerprint density at radius 2 is 2.29 bits per heavy atom. The lowest BCUT2D eigenvalue weighted by molar-refractivity contribution is 0.0978. The Morgan fingerprint density at radius 1 is 1.62 bits per heavy atom. The minimum Gasteiger partial charge on any atom is -0.395 e. The molecule has 9 heteroatoms. The summed E-state index contributed by atoms with van der Waals surface area (Å²) in [6.45, 7) is 0.777. The maximum absolute atomic E-state index is 14.2. The molecule has 1 aromatic rings. The number of likely N-dealkylation sites (N-methyl/N-ethyl adjacent to an activating group) is 1. The van der Waals surface area contributed by atoms with E-state index in [2.05, 4.69) is 15.9 Å². The van der Waals surface area contributed by atoms with Crippen molar-refractivity contribution < 1.29 is 17.5 Å². The van der Waals surface area contributed by atoms with E-state index < -0.39 is 20.7 Å². The van der Waals surface area contributed by atoms with Gasteiger partial charge in [0.25, 0.3) is 0 Å². The van der Waals surface area contributed by atoms with E-state index in [-0.39, 0.29) is 27.8 Å². The third-order valence-corrected chi connectivity index (χ3v) is 6.53. The number of hydrogen-bond acceptors (Lipinski definition) is 4. The minimum atomic E-state index is -4.03. The highest BCUT2D eigenvalue weighted by atomic mass is 79.9. The van der Waals surface area contributed by atoms with Crippen LogP contribution in [0.3, 0.4) is 0 Å². The molecule has 1 saturated heterocycles. The lowest BCUT2D eigenvalue weighted by Gasteiger charge is -2.21. The van der Waals surface area contributed by atoms with E-state index in [9.17, 15) is 12.8 Å². The summed E-state index contributed by atoms with van der Waals surface area (Å²) in [7, 11) is -2.65. The van der Waals surface area contributed by atoms with Crippen molar-refractivity contribution in [2.45, 2.75) is 23.8 Å². The molecule has 1 aliphatic rings. The van der Waals surface area contributed by atoms with Crippen LogP contribution in [0.1, 0.15) is 12.8 Å². The largest absolute Gasteiger partial charge is 0.395 e. The smallest absolute Gasteiger partial charge is 0.245 e. The van der Waals surface area contributed by atoms with Crippen LogP contribution >= 0.6 is 27.5 Å². The summed E-state index contributed by atoms with van der Waals surface area (Å²) in [6, 6.07) is 1.05. The van der Waals surface area contributed by atoms with Crippen molar-refractivity contribution in [2.75, 3.05) is 25.9 Å². The van der Waals surface area contributed by atoms with Crippen LogP contribution in [0.5, 0.6) is 0 Å². The van der Waals surface area contributed by atoms with Crippen molar-refractivity contribution in [3.8, 4) is 0 Å². The quantitative estimate of drug-likeness (QED) is 0.622. The van der Waals surface area contributed by atoms with Crippen molar-refractivity contribution in [1.29, 1.82) is 0 Å². The van der Waals surface area contributed by atoms with Crippen molar-refractivity contribution in [1.82, 2.24) is 4.31 Å². The summed E-state index contributed by atoms with van der Waals surface area (Å²) in [6.07, 6.45) is 1.51. The molecule has 0 saturated carbocycles. The van der Waals surface area contributed by atoms with Crippen LogP contribution in [-0.4, -0.2) is 39.0 Å². The van der Waals surface area contributed by atoms with Gasteiger partial charge in [-0.15, -0.1) is 0 Å². The molecule has 118 valence electrons. The van der Waals surface area contributed by atoms with E-state index in [0.29, 0.717) is 6.61 Å². The highest BCUT2D eigenvalue weighted by Gasteiger charge is 2.30. The third-order valence-electron chi connectivity index (χ3n) is 3.33. The molecule has 2 rings (SSSR count). The van der Waals surface area contributed by atoms with Gasteiger partial charge in [0, 0.05) is 20.2 Å². The van der Waals surface area contributed by atoms with E-state index in [1.807, 2.05) is 0 Å². The molecule has 0 bridgehead atoms. The summed E-state index contributed by atoms with van der Waals surface area (Å²) >= 11 is 8.88. The molecule has 1 aliphatic heterocycles. The Balaban J connectivity index is 2.34. The number of sulfonamides is 1. The van der Waals surface area contributed by atoms with Gasteiger partial charge in [-0.1, -0.05) is 11.6 Å². The first-order valence-corrected chi connectivity index (χ1v) is 8.87. The molecule has 1 heterocycles. The van der Waals surface area contributed by atoms with Crippen LogP contribution in [0.15, 0.2) is 15.4 Å². The minimum absolute atomic E-state index is 0.0398. The Hall–Kier alpha value is -0.410. The maximum atomic E-state index is 14.2. The van der Waals surface area contributed by atoms with Gasteiger partial charge in [-0.05, 0) is 34.8 Å². The first-order valence-electron chi connectivity index (χ1n) is 6.26. The maximum Gasteiger partial charge on any atom is 0.245 e. The summed E-state index contributed by atoms with van der Waals surface area (Å²) in [5.74, 6) is -1.01. The Labute approximate surface area is 136 Å². The van der Waals surface area contributed by atoms with E-state index in [4.69, 9.17) is 22.1 Å². The van der Waals surface area contributed by atoms with Crippen molar-refractivity contribution in [3.63, 3.8) is 0 Å². The van der Waals surface area contributed by atoms with Crippen LogP contribution < -0.4 is 5.73 Å². The summed E-state index contributed by atoms with van der Waals surface area (Å²) < 4.78 is 45.7. The van der Waals surface area contributed by atoms with Crippen LogP contribution in [0.4, 0.5) is 10.1 Å². The van der Waals surface area contributed by atoms with Crippen LogP contribution in [0.2, 0.25) is 5.02 Å². The van der Waals surface area contributed by atoms with Gasteiger partial charge in [0.1, 0.15) is 4.90 Å². The van der Waals surface area contributed by atoms with Gasteiger partial charge in [0.05, 0.1) is 21.3 Å². The van der Waals surface area contributed by atoms with E-state index >= 15 is 0 Å². The number of hydrogen-bond donors (Lipinski definition) is 1. The van der Waals surface area contributed by atoms with Gasteiger partial charge in [-0.3, -0.25) is 0 Å². The fraction of sp³-hybridized carbons (Fsp3) is 0.500. The second-order valence-electron chi connectivity index (χ2n) is 4.82. The highest BCUT2D eigenvalue weighted by Crippen LogP contribution is 2.35. The number of ether oxygens (including phenoxy) is 1. The molecule has 1 fully saturated rings. The third kappa shape index (κ3) is 3.34.